The Morgan fingerprint density at radius 3 is 2.43 bits per heavy atom. The molecule has 3 nitrogen and oxygen atoms in total. The van der Waals surface area contributed by atoms with E-state index >= 15 is 0 Å². The van der Waals surface area contributed by atoms with Crippen LogP contribution in [0.2, 0.25) is 0 Å². The highest BCUT2D eigenvalue weighted by Gasteiger charge is 2.10. The average Bonchev–Trinajstić information content (AvgIpc) is 2.62. The maximum atomic E-state index is 5.40. The zero-order valence-electron chi connectivity index (χ0n) is 13.7. The molecule has 1 aliphatic heterocycles. The predicted molar refractivity (Wildman–Crippen MR) is 96.7 cm³/mol. The van der Waals surface area contributed by atoms with Gasteiger partial charge in [-0.05, 0) is 36.6 Å². The van der Waals surface area contributed by atoms with Gasteiger partial charge in [0.15, 0.2) is 0 Å². The van der Waals surface area contributed by atoms with Crippen LogP contribution in [0.15, 0.2) is 59.6 Å². The maximum absolute atomic E-state index is 5.40. The molecule has 120 valence electrons. The van der Waals surface area contributed by atoms with Crippen molar-refractivity contribution >= 4 is 11.9 Å². The molecule has 0 bridgehead atoms. The zero-order chi connectivity index (χ0) is 15.9. The van der Waals surface area contributed by atoms with Gasteiger partial charge in [0.2, 0.25) is 0 Å². The molecule has 3 rings (SSSR count). The average molecular weight is 308 g/mol. The Bertz CT molecular complexity index is 616. The van der Waals surface area contributed by atoms with Crippen LogP contribution in [0.25, 0.3) is 0 Å². The molecule has 1 aliphatic rings. The number of ether oxygens (including phenoxy) is 1. The third-order valence-corrected chi connectivity index (χ3v) is 4.12. The van der Waals surface area contributed by atoms with E-state index in [1.807, 2.05) is 12.3 Å². The lowest BCUT2D eigenvalue weighted by atomic mass is 10.1. The summed E-state index contributed by atoms with van der Waals surface area (Å²) in [6.07, 6.45) is 2.96. The van der Waals surface area contributed by atoms with E-state index in [0.717, 1.165) is 38.3 Å². The first-order chi connectivity index (χ1) is 11.3. The number of nitrogens with zero attached hydrogens (tertiary/aromatic N) is 2. The predicted octanol–water partition coefficient (Wildman–Crippen LogP) is 3.57. The Hall–Kier alpha value is -2.13. The third kappa shape index (κ3) is 4.67. The fourth-order valence-electron chi connectivity index (χ4n) is 2.81. The van der Waals surface area contributed by atoms with Crippen molar-refractivity contribution in [2.75, 3.05) is 31.2 Å². The van der Waals surface area contributed by atoms with Crippen molar-refractivity contribution in [1.82, 2.24) is 0 Å². The van der Waals surface area contributed by atoms with E-state index in [1.54, 1.807) is 0 Å². The van der Waals surface area contributed by atoms with Crippen molar-refractivity contribution in [3.8, 4) is 0 Å². The molecule has 1 atom stereocenters. The lowest BCUT2D eigenvalue weighted by Gasteiger charge is -2.28. The summed E-state index contributed by atoms with van der Waals surface area (Å²) >= 11 is 0. The Morgan fingerprint density at radius 1 is 1.04 bits per heavy atom. The number of hydrogen-bond donors (Lipinski definition) is 0. The number of anilines is 1. The van der Waals surface area contributed by atoms with E-state index < -0.39 is 0 Å². The molecule has 0 aliphatic carbocycles. The molecular weight excluding hydrogens is 284 g/mol. The van der Waals surface area contributed by atoms with Gasteiger partial charge in [0.25, 0.3) is 0 Å². The van der Waals surface area contributed by atoms with E-state index in [2.05, 4.69) is 65.3 Å². The molecule has 2 aromatic rings. The Morgan fingerprint density at radius 2 is 1.74 bits per heavy atom. The van der Waals surface area contributed by atoms with Crippen molar-refractivity contribution in [3.05, 3.63) is 65.7 Å². The van der Waals surface area contributed by atoms with E-state index in [1.165, 1.54) is 11.3 Å². The molecule has 0 spiro atoms. The molecule has 23 heavy (non-hydrogen) atoms. The minimum atomic E-state index is 0.288. The topological polar surface area (TPSA) is 24.8 Å². The quantitative estimate of drug-likeness (QED) is 0.789. The molecule has 2 aromatic carbocycles. The lowest BCUT2D eigenvalue weighted by molar-refractivity contribution is 0.122. The SMILES string of the molecule is CC(Cc1ccccc1)N=Cc1ccc(N2CCOCC2)cc1. The highest BCUT2D eigenvalue weighted by Crippen LogP contribution is 2.16. The van der Waals surface area contributed by atoms with Crippen LogP contribution in [0.1, 0.15) is 18.1 Å². The molecule has 1 unspecified atom stereocenters. The summed E-state index contributed by atoms with van der Waals surface area (Å²) in [4.78, 5) is 7.04. The minimum absolute atomic E-state index is 0.288. The summed E-state index contributed by atoms with van der Waals surface area (Å²) in [6, 6.07) is 19.4. The number of benzene rings is 2. The third-order valence-electron chi connectivity index (χ3n) is 4.12. The van der Waals surface area contributed by atoms with Crippen LogP contribution >= 0.6 is 0 Å². The van der Waals surface area contributed by atoms with Crippen molar-refractivity contribution in [3.63, 3.8) is 0 Å². The van der Waals surface area contributed by atoms with Gasteiger partial charge in [-0.3, -0.25) is 4.99 Å². The number of hydrogen-bond acceptors (Lipinski definition) is 3. The van der Waals surface area contributed by atoms with Crippen LogP contribution in [0.3, 0.4) is 0 Å². The first-order valence-electron chi connectivity index (χ1n) is 8.31. The van der Waals surface area contributed by atoms with Crippen molar-refractivity contribution < 1.29 is 4.74 Å². The van der Waals surface area contributed by atoms with Crippen molar-refractivity contribution in [2.24, 2.45) is 4.99 Å². The second-order valence-electron chi connectivity index (χ2n) is 6.01. The first kappa shape index (κ1) is 15.8. The van der Waals surface area contributed by atoms with Gasteiger partial charge >= 0.3 is 0 Å². The van der Waals surface area contributed by atoms with Crippen LogP contribution in [0, 0.1) is 0 Å². The molecule has 1 saturated heterocycles. The molecule has 3 heteroatoms. The lowest BCUT2D eigenvalue weighted by Crippen LogP contribution is -2.36. The van der Waals surface area contributed by atoms with Crippen LogP contribution in [0.4, 0.5) is 5.69 Å². The molecule has 0 amide bonds. The molecule has 0 saturated carbocycles. The summed E-state index contributed by atoms with van der Waals surface area (Å²) < 4.78 is 5.40. The van der Waals surface area contributed by atoms with E-state index in [-0.39, 0.29) is 6.04 Å². The largest absolute Gasteiger partial charge is 0.378 e. The van der Waals surface area contributed by atoms with Gasteiger partial charge in [0, 0.05) is 25.0 Å². The van der Waals surface area contributed by atoms with Crippen LogP contribution < -0.4 is 4.90 Å². The van der Waals surface area contributed by atoms with Crippen molar-refractivity contribution in [2.45, 2.75) is 19.4 Å². The minimum Gasteiger partial charge on any atom is -0.378 e. The van der Waals surface area contributed by atoms with Crippen molar-refractivity contribution in [1.29, 1.82) is 0 Å². The van der Waals surface area contributed by atoms with Crippen LogP contribution in [-0.4, -0.2) is 38.6 Å². The summed E-state index contributed by atoms with van der Waals surface area (Å²) in [5.74, 6) is 0. The van der Waals surface area contributed by atoms with E-state index in [9.17, 15) is 0 Å². The molecular formula is C20H24N2O. The fourth-order valence-corrected chi connectivity index (χ4v) is 2.81. The number of aliphatic imine (C=N–C) groups is 1. The van der Waals surface area contributed by atoms with Gasteiger partial charge in [-0.25, -0.2) is 0 Å². The highest BCUT2D eigenvalue weighted by molar-refractivity contribution is 5.80. The van der Waals surface area contributed by atoms with Gasteiger partial charge in [-0.2, -0.15) is 0 Å². The molecule has 1 heterocycles. The van der Waals surface area contributed by atoms with Gasteiger partial charge in [0.1, 0.15) is 0 Å². The summed E-state index contributed by atoms with van der Waals surface area (Å²) in [7, 11) is 0. The standard InChI is InChI=1S/C20H24N2O/c1-17(15-18-5-3-2-4-6-18)21-16-19-7-9-20(10-8-19)22-11-13-23-14-12-22/h2-10,16-17H,11-15H2,1H3. The van der Waals surface area contributed by atoms with Gasteiger partial charge in [0.05, 0.1) is 19.3 Å². The van der Waals surface area contributed by atoms with E-state index in [0.29, 0.717) is 0 Å². The van der Waals surface area contributed by atoms with Gasteiger partial charge in [-0.1, -0.05) is 42.5 Å². The maximum Gasteiger partial charge on any atom is 0.0642 e. The number of rotatable bonds is 5. The second kappa shape index (κ2) is 7.93. The Balaban J connectivity index is 1.56. The Kier molecular flexibility index (Phi) is 5.43. The van der Waals surface area contributed by atoms with E-state index in [4.69, 9.17) is 4.74 Å². The number of morpholine rings is 1. The highest BCUT2D eigenvalue weighted by atomic mass is 16.5. The smallest absolute Gasteiger partial charge is 0.0642 e. The first-order valence-corrected chi connectivity index (χ1v) is 8.31. The summed E-state index contributed by atoms with van der Waals surface area (Å²) in [5, 5.41) is 0. The molecule has 0 aromatic heterocycles. The molecule has 1 fully saturated rings. The van der Waals surface area contributed by atoms with Gasteiger partial charge < -0.3 is 9.64 Å². The Labute approximate surface area is 138 Å². The molecule has 0 N–H and O–H groups in total. The second-order valence-corrected chi connectivity index (χ2v) is 6.01. The normalized spacial score (nSPS) is 16.7. The van der Waals surface area contributed by atoms with Gasteiger partial charge in [-0.15, -0.1) is 0 Å². The summed E-state index contributed by atoms with van der Waals surface area (Å²) in [6.45, 7) is 5.75. The fraction of sp³-hybridized carbons (Fsp3) is 0.350. The monoisotopic (exact) mass is 308 g/mol. The van der Waals surface area contributed by atoms with Crippen LogP contribution in [0.5, 0.6) is 0 Å². The van der Waals surface area contributed by atoms with Crippen LogP contribution in [-0.2, 0) is 11.2 Å². The zero-order valence-corrected chi connectivity index (χ0v) is 13.7. The summed E-state index contributed by atoms with van der Waals surface area (Å²) in [5.41, 5.74) is 3.75. The molecule has 0 radical (unpaired) electrons.